The van der Waals surface area contributed by atoms with E-state index in [1.807, 2.05) is 42.5 Å². The predicted octanol–water partition coefficient (Wildman–Crippen LogP) is 3.84. The summed E-state index contributed by atoms with van der Waals surface area (Å²) in [5, 5.41) is 3.41. The third kappa shape index (κ3) is 2.23. The lowest BCUT2D eigenvalue weighted by Crippen LogP contribution is -2.41. The van der Waals surface area contributed by atoms with E-state index in [0.29, 0.717) is 0 Å². The Morgan fingerprint density at radius 2 is 1.48 bits per heavy atom. The molecule has 23 heavy (non-hydrogen) atoms. The molecule has 2 aromatic rings. The highest BCUT2D eigenvalue weighted by Gasteiger charge is 2.52. The van der Waals surface area contributed by atoms with Crippen molar-refractivity contribution in [2.24, 2.45) is 0 Å². The summed E-state index contributed by atoms with van der Waals surface area (Å²) >= 11 is 0. The quantitative estimate of drug-likeness (QED) is 0.693. The highest BCUT2D eigenvalue weighted by molar-refractivity contribution is 6.63. The Bertz CT molecular complexity index is 757. The van der Waals surface area contributed by atoms with Crippen LogP contribution < -0.4 is 15.5 Å². The van der Waals surface area contributed by atoms with Crippen LogP contribution in [0.1, 0.15) is 27.7 Å². The second-order valence-electron chi connectivity index (χ2n) is 7.04. The number of hydrogen-bond acceptors (Lipinski definition) is 4. The fraction of sp³-hybridized carbons (Fsp3) is 0.333. The Labute approximate surface area is 136 Å². The number of nitrogens with one attached hydrogen (secondary N) is 1. The minimum absolute atomic E-state index is 0.375. The van der Waals surface area contributed by atoms with E-state index in [4.69, 9.17) is 14.0 Å². The van der Waals surface area contributed by atoms with Crippen molar-refractivity contribution in [1.82, 2.24) is 0 Å². The van der Waals surface area contributed by atoms with Gasteiger partial charge in [-0.15, -0.1) is 0 Å². The first-order valence-electron chi connectivity index (χ1n) is 7.90. The lowest BCUT2D eigenvalue weighted by Gasteiger charge is -2.32. The number of ether oxygens (including phenoxy) is 1. The minimum Gasteiger partial charge on any atom is -0.453 e. The maximum atomic E-state index is 6.17. The first-order valence-corrected chi connectivity index (χ1v) is 7.90. The molecule has 5 heteroatoms. The topological polar surface area (TPSA) is 39.7 Å². The second kappa shape index (κ2) is 4.76. The van der Waals surface area contributed by atoms with Crippen LogP contribution in [0.5, 0.6) is 11.5 Å². The Kier molecular flexibility index (Phi) is 3.02. The molecule has 0 unspecified atom stereocenters. The molecule has 0 radical (unpaired) electrons. The Morgan fingerprint density at radius 1 is 0.826 bits per heavy atom. The van der Waals surface area contributed by atoms with E-state index >= 15 is 0 Å². The molecule has 1 saturated heterocycles. The first-order chi connectivity index (χ1) is 10.9. The van der Waals surface area contributed by atoms with Crippen molar-refractivity contribution >= 4 is 24.0 Å². The van der Waals surface area contributed by atoms with Gasteiger partial charge < -0.3 is 19.4 Å². The van der Waals surface area contributed by atoms with Crippen LogP contribution in [0.3, 0.4) is 0 Å². The molecule has 2 aliphatic heterocycles. The van der Waals surface area contributed by atoms with Gasteiger partial charge in [-0.2, -0.15) is 0 Å². The van der Waals surface area contributed by atoms with Crippen LogP contribution in [0.2, 0.25) is 0 Å². The minimum atomic E-state index is -0.443. The number of rotatable bonds is 1. The van der Waals surface area contributed by atoms with E-state index in [9.17, 15) is 0 Å². The summed E-state index contributed by atoms with van der Waals surface area (Å²) in [5.74, 6) is 1.58. The molecule has 118 valence electrons. The Hall–Kier alpha value is -1.98. The molecule has 0 amide bonds. The summed E-state index contributed by atoms with van der Waals surface area (Å²) in [4.78, 5) is 0. The smallest absolute Gasteiger partial charge is 0.453 e. The predicted molar refractivity (Wildman–Crippen MR) is 92.0 cm³/mol. The van der Waals surface area contributed by atoms with E-state index in [2.05, 4.69) is 33.0 Å². The molecule has 4 rings (SSSR count). The van der Waals surface area contributed by atoms with Crippen molar-refractivity contribution in [3.63, 3.8) is 0 Å². The molecular formula is C18H20BNO3. The largest absolute Gasteiger partial charge is 0.498 e. The lowest BCUT2D eigenvalue weighted by molar-refractivity contribution is 0.00578. The van der Waals surface area contributed by atoms with Gasteiger partial charge in [-0.3, -0.25) is 0 Å². The molecule has 0 aromatic heterocycles. The maximum Gasteiger partial charge on any atom is 0.498 e. The molecule has 0 aliphatic carbocycles. The van der Waals surface area contributed by atoms with Gasteiger partial charge in [-0.25, -0.2) is 0 Å². The van der Waals surface area contributed by atoms with E-state index in [0.717, 1.165) is 28.3 Å². The molecule has 0 spiro atoms. The van der Waals surface area contributed by atoms with Crippen molar-refractivity contribution in [2.45, 2.75) is 38.9 Å². The number of para-hydroxylation sites is 3. The number of hydrogen-bond donors (Lipinski definition) is 1. The molecule has 0 bridgehead atoms. The zero-order chi connectivity index (χ0) is 16.2. The average Bonchev–Trinajstić information content (AvgIpc) is 2.72. The zero-order valence-electron chi connectivity index (χ0n) is 13.8. The van der Waals surface area contributed by atoms with Crippen molar-refractivity contribution in [3.8, 4) is 11.5 Å². The fourth-order valence-corrected chi connectivity index (χ4v) is 2.84. The van der Waals surface area contributed by atoms with Crippen LogP contribution in [-0.4, -0.2) is 18.3 Å². The van der Waals surface area contributed by atoms with Crippen molar-refractivity contribution in [2.75, 3.05) is 5.32 Å². The number of fused-ring (bicyclic) bond motifs is 2. The van der Waals surface area contributed by atoms with Crippen molar-refractivity contribution in [3.05, 3.63) is 42.5 Å². The molecule has 4 nitrogen and oxygen atoms in total. The lowest BCUT2D eigenvalue weighted by atomic mass is 9.78. The van der Waals surface area contributed by atoms with Crippen LogP contribution in [0, 0.1) is 0 Å². The summed E-state index contributed by atoms with van der Waals surface area (Å²) in [6, 6.07) is 13.9. The molecule has 0 atom stereocenters. The third-order valence-electron chi connectivity index (χ3n) is 4.92. The van der Waals surface area contributed by atoms with E-state index in [-0.39, 0.29) is 11.2 Å². The van der Waals surface area contributed by atoms with Gasteiger partial charge in [0.25, 0.3) is 0 Å². The molecule has 2 aliphatic rings. The monoisotopic (exact) mass is 309 g/mol. The second-order valence-corrected chi connectivity index (χ2v) is 7.04. The normalized spacial score (nSPS) is 20.3. The SMILES string of the molecule is CC1(C)OB(c2cccc3c2Oc2ccccc2N3)OC1(C)C. The summed E-state index contributed by atoms with van der Waals surface area (Å²) in [7, 11) is -0.443. The maximum absolute atomic E-state index is 6.17. The fourth-order valence-electron chi connectivity index (χ4n) is 2.84. The van der Waals surface area contributed by atoms with Gasteiger partial charge in [-0.1, -0.05) is 24.3 Å². The Morgan fingerprint density at radius 3 is 2.22 bits per heavy atom. The van der Waals surface area contributed by atoms with E-state index in [1.54, 1.807) is 0 Å². The standard InChI is InChI=1S/C18H20BNO3/c1-17(2)18(3,4)23-19(22-17)12-8-7-10-14-16(12)21-15-11-6-5-9-13(15)20-14/h5-11,20H,1-4H3. The summed E-state index contributed by atoms with van der Waals surface area (Å²) in [5.41, 5.74) is 2.05. The van der Waals surface area contributed by atoms with Gasteiger partial charge in [0.15, 0.2) is 11.5 Å². The summed E-state index contributed by atoms with van der Waals surface area (Å²) in [6.45, 7) is 8.21. The van der Waals surface area contributed by atoms with Crippen LogP contribution in [-0.2, 0) is 9.31 Å². The van der Waals surface area contributed by atoms with Crippen LogP contribution in [0.25, 0.3) is 0 Å². The van der Waals surface area contributed by atoms with Crippen LogP contribution >= 0.6 is 0 Å². The van der Waals surface area contributed by atoms with Gasteiger partial charge in [0.1, 0.15) is 0 Å². The number of benzene rings is 2. The average molecular weight is 309 g/mol. The molecular weight excluding hydrogens is 289 g/mol. The van der Waals surface area contributed by atoms with Gasteiger partial charge in [-0.05, 0) is 45.9 Å². The molecule has 2 heterocycles. The van der Waals surface area contributed by atoms with Gasteiger partial charge >= 0.3 is 7.12 Å². The van der Waals surface area contributed by atoms with Gasteiger partial charge in [0.05, 0.1) is 22.6 Å². The molecule has 2 aromatic carbocycles. The molecule has 0 saturated carbocycles. The zero-order valence-corrected chi connectivity index (χ0v) is 13.8. The van der Waals surface area contributed by atoms with E-state index < -0.39 is 7.12 Å². The molecule has 1 fully saturated rings. The third-order valence-corrected chi connectivity index (χ3v) is 4.92. The Balaban J connectivity index is 1.74. The van der Waals surface area contributed by atoms with Crippen LogP contribution in [0.4, 0.5) is 11.4 Å². The van der Waals surface area contributed by atoms with Crippen molar-refractivity contribution < 1.29 is 14.0 Å². The molecule has 1 N–H and O–H groups in total. The van der Waals surface area contributed by atoms with E-state index in [1.165, 1.54) is 0 Å². The summed E-state index contributed by atoms with van der Waals surface area (Å²) < 4.78 is 18.5. The first kappa shape index (κ1) is 14.6. The van der Waals surface area contributed by atoms with Gasteiger partial charge in [0, 0.05) is 5.46 Å². The summed E-state index contributed by atoms with van der Waals surface area (Å²) in [6.07, 6.45) is 0. The highest BCUT2D eigenvalue weighted by Crippen LogP contribution is 2.43. The van der Waals surface area contributed by atoms with Crippen LogP contribution in [0.15, 0.2) is 42.5 Å². The number of anilines is 2. The highest BCUT2D eigenvalue weighted by atomic mass is 16.7. The van der Waals surface area contributed by atoms with Crippen molar-refractivity contribution in [1.29, 1.82) is 0 Å². The van der Waals surface area contributed by atoms with Gasteiger partial charge in [0.2, 0.25) is 0 Å².